The number of hydrogen-bond acceptors (Lipinski definition) is 3. The summed E-state index contributed by atoms with van der Waals surface area (Å²) < 4.78 is 0. The van der Waals surface area contributed by atoms with Gasteiger partial charge in [-0.3, -0.25) is 4.99 Å². The van der Waals surface area contributed by atoms with Gasteiger partial charge in [0.25, 0.3) is 0 Å². The molecule has 0 saturated heterocycles. The maximum atomic E-state index is 4.37. The second kappa shape index (κ2) is 3.92. The Morgan fingerprint density at radius 1 is 1.54 bits per heavy atom. The number of hydrogen-bond donors (Lipinski definition) is 1. The van der Waals surface area contributed by atoms with Crippen molar-refractivity contribution in [1.29, 1.82) is 0 Å². The molecule has 2 heterocycles. The number of nitrogens with zero attached hydrogens (tertiary/aromatic N) is 1. The summed E-state index contributed by atoms with van der Waals surface area (Å²) in [5.74, 6) is 1.19. The number of rotatable bonds is 2. The summed E-state index contributed by atoms with van der Waals surface area (Å²) in [6.45, 7) is 4.10. The SMILES string of the molecule is Cc1cscc1CNC1=NCCC1. The summed E-state index contributed by atoms with van der Waals surface area (Å²) in [4.78, 5) is 4.37. The quantitative estimate of drug-likeness (QED) is 0.767. The van der Waals surface area contributed by atoms with Crippen molar-refractivity contribution >= 4 is 17.2 Å². The first-order valence-electron chi connectivity index (χ1n) is 4.65. The molecule has 0 aromatic carbocycles. The largest absolute Gasteiger partial charge is 0.370 e. The van der Waals surface area contributed by atoms with Crippen molar-refractivity contribution in [3.63, 3.8) is 0 Å². The minimum absolute atomic E-state index is 0.939. The lowest BCUT2D eigenvalue weighted by atomic mass is 10.2. The molecule has 1 aromatic rings. The third kappa shape index (κ3) is 2.10. The molecular formula is C10H14N2S. The highest BCUT2D eigenvalue weighted by molar-refractivity contribution is 7.08. The van der Waals surface area contributed by atoms with Crippen molar-refractivity contribution in [1.82, 2.24) is 5.32 Å². The van der Waals surface area contributed by atoms with Crippen LogP contribution in [0.25, 0.3) is 0 Å². The molecule has 0 amide bonds. The second-order valence-electron chi connectivity index (χ2n) is 3.37. The molecule has 0 aliphatic carbocycles. The molecule has 1 aromatic heterocycles. The lowest BCUT2D eigenvalue weighted by Crippen LogP contribution is -2.20. The summed E-state index contributed by atoms with van der Waals surface area (Å²) in [7, 11) is 0. The first-order chi connectivity index (χ1) is 6.36. The minimum Gasteiger partial charge on any atom is -0.370 e. The first-order valence-corrected chi connectivity index (χ1v) is 5.59. The topological polar surface area (TPSA) is 24.4 Å². The monoisotopic (exact) mass is 194 g/mol. The van der Waals surface area contributed by atoms with Gasteiger partial charge in [-0.1, -0.05) is 0 Å². The molecule has 2 nitrogen and oxygen atoms in total. The third-order valence-corrected chi connectivity index (χ3v) is 3.23. The molecule has 0 saturated carbocycles. The van der Waals surface area contributed by atoms with Gasteiger partial charge in [-0.15, -0.1) is 0 Å². The van der Waals surface area contributed by atoms with E-state index in [1.807, 2.05) is 0 Å². The van der Waals surface area contributed by atoms with Crippen LogP contribution in [0, 0.1) is 6.92 Å². The van der Waals surface area contributed by atoms with Gasteiger partial charge < -0.3 is 5.32 Å². The van der Waals surface area contributed by atoms with Crippen LogP contribution < -0.4 is 5.32 Å². The normalized spacial score (nSPS) is 15.9. The van der Waals surface area contributed by atoms with Gasteiger partial charge in [0, 0.05) is 19.5 Å². The van der Waals surface area contributed by atoms with E-state index in [0.29, 0.717) is 0 Å². The fourth-order valence-electron chi connectivity index (χ4n) is 1.45. The molecule has 3 heteroatoms. The smallest absolute Gasteiger partial charge is 0.0966 e. The average molecular weight is 194 g/mol. The van der Waals surface area contributed by atoms with Gasteiger partial charge in [-0.2, -0.15) is 11.3 Å². The van der Waals surface area contributed by atoms with E-state index in [1.165, 1.54) is 23.4 Å². The fraction of sp³-hybridized carbons (Fsp3) is 0.500. The van der Waals surface area contributed by atoms with Gasteiger partial charge in [0.2, 0.25) is 0 Å². The van der Waals surface area contributed by atoms with Gasteiger partial charge in [-0.25, -0.2) is 0 Å². The summed E-state index contributed by atoms with van der Waals surface area (Å²) in [5, 5.41) is 7.78. The number of aryl methyl sites for hydroxylation is 1. The van der Waals surface area contributed by atoms with Gasteiger partial charge in [0.15, 0.2) is 0 Å². The maximum absolute atomic E-state index is 4.37. The molecule has 0 atom stereocenters. The van der Waals surface area contributed by atoms with Crippen molar-refractivity contribution in [2.45, 2.75) is 26.3 Å². The van der Waals surface area contributed by atoms with E-state index in [9.17, 15) is 0 Å². The van der Waals surface area contributed by atoms with Crippen LogP contribution in [0.2, 0.25) is 0 Å². The first kappa shape index (κ1) is 8.75. The zero-order valence-electron chi connectivity index (χ0n) is 7.84. The van der Waals surface area contributed by atoms with Crippen LogP contribution in [0.5, 0.6) is 0 Å². The van der Waals surface area contributed by atoms with Crippen molar-refractivity contribution in [2.75, 3.05) is 6.54 Å². The molecule has 2 rings (SSSR count). The predicted octanol–water partition coefficient (Wildman–Crippen LogP) is 2.34. The van der Waals surface area contributed by atoms with E-state index < -0.39 is 0 Å². The van der Waals surface area contributed by atoms with Crippen molar-refractivity contribution < 1.29 is 0 Å². The molecular weight excluding hydrogens is 180 g/mol. The zero-order chi connectivity index (χ0) is 9.10. The summed E-state index contributed by atoms with van der Waals surface area (Å²) in [6, 6.07) is 0. The fourth-order valence-corrected chi connectivity index (χ4v) is 2.31. The molecule has 1 aliphatic rings. The Bertz CT molecular complexity index is 314. The lowest BCUT2D eigenvalue weighted by Gasteiger charge is -2.04. The number of amidine groups is 1. The van der Waals surface area contributed by atoms with E-state index in [4.69, 9.17) is 0 Å². The van der Waals surface area contributed by atoms with Crippen LogP contribution in [0.3, 0.4) is 0 Å². The highest BCUT2D eigenvalue weighted by atomic mass is 32.1. The van der Waals surface area contributed by atoms with Crippen LogP contribution in [0.1, 0.15) is 24.0 Å². The molecule has 0 fully saturated rings. The van der Waals surface area contributed by atoms with Crippen molar-refractivity contribution in [3.8, 4) is 0 Å². The van der Waals surface area contributed by atoms with Crippen molar-refractivity contribution in [3.05, 3.63) is 21.9 Å². The predicted molar refractivity (Wildman–Crippen MR) is 57.4 cm³/mol. The average Bonchev–Trinajstić information content (AvgIpc) is 2.72. The van der Waals surface area contributed by atoms with E-state index >= 15 is 0 Å². The Kier molecular flexibility index (Phi) is 2.64. The molecule has 13 heavy (non-hydrogen) atoms. The molecule has 70 valence electrons. The second-order valence-corrected chi connectivity index (χ2v) is 4.11. The van der Waals surface area contributed by atoms with Gasteiger partial charge in [0.05, 0.1) is 5.84 Å². The number of aliphatic imine (C=N–C) groups is 1. The minimum atomic E-state index is 0.939. The van der Waals surface area contributed by atoms with E-state index in [-0.39, 0.29) is 0 Å². The molecule has 0 bridgehead atoms. The third-order valence-electron chi connectivity index (χ3n) is 2.32. The standard InChI is InChI=1S/C10H14N2S/c1-8-6-13-7-9(8)5-12-10-3-2-4-11-10/h6-7H,2-5H2,1H3,(H,11,12). The number of thiophene rings is 1. The molecule has 1 N–H and O–H groups in total. The van der Waals surface area contributed by atoms with E-state index in [2.05, 4.69) is 28.0 Å². The summed E-state index contributed by atoms with van der Waals surface area (Å²) >= 11 is 1.77. The molecule has 0 radical (unpaired) electrons. The van der Waals surface area contributed by atoms with Crippen LogP contribution in [-0.2, 0) is 6.54 Å². The summed E-state index contributed by atoms with van der Waals surface area (Å²) in [5.41, 5.74) is 2.79. The molecule has 0 spiro atoms. The zero-order valence-corrected chi connectivity index (χ0v) is 8.66. The van der Waals surface area contributed by atoms with E-state index in [1.54, 1.807) is 11.3 Å². The van der Waals surface area contributed by atoms with Gasteiger partial charge >= 0.3 is 0 Å². The Labute approximate surface area is 82.7 Å². The van der Waals surface area contributed by atoms with Crippen LogP contribution >= 0.6 is 11.3 Å². The lowest BCUT2D eigenvalue weighted by molar-refractivity contribution is 0.886. The Hall–Kier alpha value is -0.830. The van der Waals surface area contributed by atoms with Gasteiger partial charge in [-0.05, 0) is 35.2 Å². The summed E-state index contributed by atoms with van der Waals surface area (Å²) in [6.07, 6.45) is 2.34. The van der Waals surface area contributed by atoms with Gasteiger partial charge in [0.1, 0.15) is 0 Å². The highest BCUT2D eigenvalue weighted by Crippen LogP contribution is 2.13. The van der Waals surface area contributed by atoms with E-state index in [0.717, 1.165) is 19.5 Å². The van der Waals surface area contributed by atoms with Crippen LogP contribution in [0.4, 0.5) is 0 Å². The van der Waals surface area contributed by atoms with Crippen LogP contribution in [-0.4, -0.2) is 12.4 Å². The number of nitrogens with one attached hydrogen (secondary N) is 1. The Balaban J connectivity index is 1.89. The highest BCUT2D eigenvalue weighted by Gasteiger charge is 2.06. The molecule has 0 unspecified atom stereocenters. The Morgan fingerprint density at radius 3 is 3.08 bits per heavy atom. The Morgan fingerprint density at radius 2 is 2.46 bits per heavy atom. The van der Waals surface area contributed by atoms with Crippen LogP contribution in [0.15, 0.2) is 15.8 Å². The maximum Gasteiger partial charge on any atom is 0.0966 e. The van der Waals surface area contributed by atoms with Crippen molar-refractivity contribution in [2.24, 2.45) is 4.99 Å². The molecule has 1 aliphatic heterocycles.